The topological polar surface area (TPSA) is 89.7 Å². The van der Waals surface area contributed by atoms with Gasteiger partial charge in [-0.2, -0.15) is 0 Å². The van der Waals surface area contributed by atoms with Gasteiger partial charge in [0.15, 0.2) is 5.06 Å². The van der Waals surface area contributed by atoms with Gasteiger partial charge in [-0.1, -0.05) is 11.3 Å². The molecule has 98 valence electrons. The molecule has 0 aliphatic rings. The minimum atomic E-state index is -1.04. The van der Waals surface area contributed by atoms with Crippen molar-refractivity contribution in [3.8, 4) is 10.8 Å². The van der Waals surface area contributed by atoms with Crippen LogP contribution in [0.25, 0.3) is 0 Å². The lowest BCUT2D eigenvalue weighted by Crippen LogP contribution is -1.90. The number of thiophene rings is 1. The highest BCUT2D eigenvalue weighted by Gasteiger charge is 2.13. The molecule has 0 saturated heterocycles. The van der Waals surface area contributed by atoms with Crippen molar-refractivity contribution in [2.45, 2.75) is 0 Å². The van der Waals surface area contributed by atoms with Crippen molar-refractivity contribution in [1.29, 1.82) is 0 Å². The van der Waals surface area contributed by atoms with Gasteiger partial charge < -0.3 is 9.84 Å². The maximum Gasteiger partial charge on any atom is 0.345 e. The van der Waals surface area contributed by atoms with Crippen molar-refractivity contribution < 1.29 is 19.6 Å². The van der Waals surface area contributed by atoms with Crippen molar-refractivity contribution in [2.24, 2.45) is 0 Å². The highest BCUT2D eigenvalue weighted by atomic mass is 79.9. The molecule has 2 rings (SSSR count). The van der Waals surface area contributed by atoms with Gasteiger partial charge in [-0.25, -0.2) is 4.79 Å². The van der Waals surface area contributed by atoms with Crippen LogP contribution in [0.5, 0.6) is 10.8 Å². The molecule has 1 N–H and O–H groups in total. The molecule has 0 spiro atoms. The third-order valence-electron chi connectivity index (χ3n) is 2.13. The summed E-state index contributed by atoms with van der Waals surface area (Å²) in [7, 11) is 0. The Hall–Kier alpha value is -1.93. The van der Waals surface area contributed by atoms with E-state index in [1.807, 2.05) is 0 Å². The van der Waals surface area contributed by atoms with Crippen LogP contribution in [0, 0.1) is 10.1 Å². The van der Waals surface area contributed by atoms with Crippen LogP contribution in [0.2, 0.25) is 0 Å². The lowest BCUT2D eigenvalue weighted by Gasteiger charge is -2.04. The number of benzene rings is 1. The summed E-state index contributed by atoms with van der Waals surface area (Å²) in [5, 5.41) is 19.8. The molecule has 0 bridgehead atoms. The largest absolute Gasteiger partial charge is 0.477 e. The zero-order valence-electron chi connectivity index (χ0n) is 9.20. The monoisotopic (exact) mass is 343 g/mol. The molecule has 1 heterocycles. The molecule has 0 atom stereocenters. The number of carboxylic acid groups (broad SMARTS) is 1. The summed E-state index contributed by atoms with van der Waals surface area (Å²) in [6, 6.07) is 7.02. The van der Waals surface area contributed by atoms with E-state index in [-0.39, 0.29) is 16.3 Å². The Labute approximate surface area is 119 Å². The van der Waals surface area contributed by atoms with Gasteiger partial charge in [0.25, 0.3) is 5.69 Å². The van der Waals surface area contributed by atoms with Crippen LogP contribution in [-0.2, 0) is 0 Å². The summed E-state index contributed by atoms with van der Waals surface area (Å²) < 4.78 is 5.98. The molecule has 19 heavy (non-hydrogen) atoms. The SMILES string of the molecule is O=C(O)c1ccc(Oc2cc([N+](=O)[O-])ccc2Br)s1. The molecule has 2 aromatic rings. The third-order valence-corrected chi connectivity index (χ3v) is 3.73. The minimum Gasteiger partial charge on any atom is -0.477 e. The van der Waals surface area contributed by atoms with E-state index in [0.29, 0.717) is 9.54 Å². The van der Waals surface area contributed by atoms with E-state index >= 15 is 0 Å². The smallest absolute Gasteiger partial charge is 0.345 e. The molecule has 0 aliphatic heterocycles. The molecule has 0 aliphatic carbocycles. The molecule has 0 fully saturated rings. The average molecular weight is 344 g/mol. The fourth-order valence-electron chi connectivity index (χ4n) is 1.28. The molecule has 0 amide bonds. The highest BCUT2D eigenvalue weighted by molar-refractivity contribution is 9.10. The number of ether oxygens (including phenoxy) is 1. The van der Waals surface area contributed by atoms with Crippen LogP contribution in [-0.4, -0.2) is 16.0 Å². The Bertz CT molecular complexity index is 654. The Morgan fingerprint density at radius 3 is 2.68 bits per heavy atom. The van der Waals surface area contributed by atoms with Gasteiger partial charge in [-0.05, 0) is 34.1 Å². The third kappa shape index (κ3) is 3.09. The molecule has 6 nitrogen and oxygen atoms in total. The number of aromatic carboxylic acids is 1. The summed E-state index contributed by atoms with van der Waals surface area (Å²) in [5.74, 6) is -0.786. The van der Waals surface area contributed by atoms with Crippen LogP contribution >= 0.6 is 27.3 Å². The second-order valence-electron chi connectivity index (χ2n) is 3.40. The number of carboxylic acids is 1. The van der Waals surface area contributed by atoms with Crippen molar-refractivity contribution >= 4 is 38.9 Å². The van der Waals surface area contributed by atoms with E-state index < -0.39 is 10.9 Å². The summed E-state index contributed by atoms with van der Waals surface area (Å²) in [6.45, 7) is 0. The number of hydrogen-bond acceptors (Lipinski definition) is 5. The van der Waals surface area contributed by atoms with E-state index in [4.69, 9.17) is 9.84 Å². The molecule has 1 aromatic heterocycles. The van der Waals surface area contributed by atoms with Crippen molar-refractivity contribution in [2.75, 3.05) is 0 Å². The number of nitro groups is 1. The number of non-ortho nitro benzene ring substituents is 1. The van der Waals surface area contributed by atoms with E-state index in [9.17, 15) is 14.9 Å². The van der Waals surface area contributed by atoms with Gasteiger partial charge in [-0.15, -0.1) is 0 Å². The first-order valence-electron chi connectivity index (χ1n) is 4.92. The quantitative estimate of drug-likeness (QED) is 0.671. The second kappa shape index (κ2) is 5.37. The minimum absolute atomic E-state index is 0.104. The van der Waals surface area contributed by atoms with E-state index in [1.54, 1.807) is 0 Å². The van der Waals surface area contributed by atoms with Gasteiger partial charge in [0, 0.05) is 6.07 Å². The van der Waals surface area contributed by atoms with Gasteiger partial charge >= 0.3 is 5.97 Å². The molecule has 8 heteroatoms. The van der Waals surface area contributed by atoms with Gasteiger partial charge in [0.05, 0.1) is 15.5 Å². The Morgan fingerprint density at radius 1 is 1.37 bits per heavy atom. The summed E-state index contributed by atoms with van der Waals surface area (Å²) in [5.41, 5.74) is -0.104. The summed E-state index contributed by atoms with van der Waals surface area (Å²) in [6.07, 6.45) is 0. The van der Waals surface area contributed by atoms with Gasteiger partial charge in [0.1, 0.15) is 10.6 Å². The number of hydrogen-bond donors (Lipinski definition) is 1. The molecule has 0 saturated carbocycles. The van der Waals surface area contributed by atoms with E-state index in [2.05, 4.69) is 15.9 Å². The fourth-order valence-corrected chi connectivity index (χ4v) is 2.32. The van der Waals surface area contributed by atoms with Crippen molar-refractivity contribution in [3.63, 3.8) is 0 Å². The molecule has 0 radical (unpaired) electrons. The lowest BCUT2D eigenvalue weighted by molar-refractivity contribution is -0.384. The maximum absolute atomic E-state index is 10.7. The zero-order valence-corrected chi connectivity index (χ0v) is 11.6. The van der Waals surface area contributed by atoms with E-state index in [0.717, 1.165) is 11.3 Å². The van der Waals surface area contributed by atoms with Crippen LogP contribution in [0.4, 0.5) is 5.69 Å². The number of halogens is 1. The maximum atomic E-state index is 10.7. The van der Waals surface area contributed by atoms with Gasteiger partial charge in [-0.3, -0.25) is 10.1 Å². The van der Waals surface area contributed by atoms with Crippen LogP contribution < -0.4 is 4.74 Å². The fraction of sp³-hybridized carbons (Fsp3) is 0. The predicted molar refractivity (Wildman–Crippen MR) is 72.1 cm³/mol. The Balaban J connectivity index is 2.29. The Morgan fingerprint density at radius 2 is 2.11 bits per heavy atom. The average Bonchev–Trinajstić information content (AvgIpc) is 2.80. The number of nitro benzene ring substituents is 1. The lowest BCUT2D eigenvalue weighted by atomic mass is 10.3. The second-order valence-corrected chi connectivity index (χ2v) is 5.30. The zero-order chi connectivity index (χ0) is 14.0. The van der Waals surface area contributed by atoms with Crippen LogP contribution in [0.3, 0.4) is 0 Å². The van der Waals surface area contributed by atoms with E-state index in [1.165, 1.54) is 30.3 Å². The molecular formula is C11H6BrNO5S. The van der Waals surface area contributed by atoms with Crippen molar-refractivity contribution in [3.05, 3.63) is 49.8 Å². The summed E-state index contributed by atoms with van der Waals surface area (Å²) >= 11 is 4.16. The standard InChI is InChI=1S/C11H6BrNO5S/c12-7-2-1-6(13(16)17)5-8(7)18-10-4-3-9(19-10)11(14)15/h1-5H,(H,14,15). The predicted octanol–water partition coefficient (Wildman–Crippen LogP) is 3.91. The summed E-state index contributed by atoms with van der Waals surface area (Å²) in [4.78, 5) is 21.0. The first-order valence-corrected chi connectivity index (χ1v) is 6.53. The molecule has 0 unspecified atom stereocenters. The molecular weight excluding hydrogens is 338 g/mol. The van der Waals surface area contributed by atoms with Crippen LogP contribution in [0.15, 0.2) is 34.8 Å². The Kier molecular flexibility index (Phi) is 3.82. The highest BCUT2D eigenvalue weighted by Crippen LogP contribution is 2.35. The number of rotatable bonds is 4. The number of nitrogens with zero attached hydrogens (tertiary/aromatic N) is 1. The first-order chi connectivity index (χ1) is 8.97. The normalized spacial score (nSPS) is 10.2. The van der Waals surface area contributed by atoms with Crippen LogP contribution in [0.1, 0.15) is 9.67 Å². The van der Waals surface area contributed by atoms with Gasteiger partial charge in [0.2, 0.25) is 0 Å². The first kappa shape index (κ1) is 13.5. The van der Waals surface area contributed by atoms with Crippen molar-refractivity contribution in [1.82, 2.24) is 0 Å². The number of carbonyl (C=O) groups is 1. The molecule has 1 aromatic carbocycles.